The van der Waals surface area contributed by atoms with E-state index in [0.29, 0.717) is 13.0 Å². The van der Waals surface area contributed by atoms with E-state index in [9.17, 15) is 25.2 Å². The smallest absolute Gasteiger partial charge is 0.306 e. The summed E-state index contributed by atoms with van der Waals surface area (Å²) in [5, 5.41) is 40.1. The molecule has 1 fully saturated rings. The van der Waals surface area contributed by atoms with Gasteiger partial charge in [-0.15, -0.1) is 0 Å². The SMILES string of the molecule is CC/C=C\C/C=C\C/C=C\C/C=C\C/C=C\CCOCC(COC1OC(CO)C(O)C(O)C1O)OC(=O)CCCCCCCCC/C=C\C/C=C\CCCCCC. The molecule has 9 heteroatoms. The van der Waals surface area contributed by atoms with Gasteiger partial charge >= 0.3 is 5.97 Å². The van der Waals surface area contributed by atoms with Gasteiger partial charge in [0.1, 0.15) is 30.5 Å². The van der Waals surface area contributed by atoms with E-state index in [1.807, 2.05) is 0 Å². The van der Waals surface area contributed by atoms with Crippen LogP contribution in [0.2, 0.25) is 0 Å². The Balaban J connectivity index is 2.34. The zero-order valence-corrected chi connectivity index (χ0v) is 35.6. The highest BCUT2D eigenvalue weighted by atomic mass is 16.7. The molecule has 9 nitrogen and oxygen atoms in total. The predicted octanol–water partition coefficient (Wildman–Crippen LogP) is 9.86. The van der Waals surface area contributed by atoms with Crippen molar-refractivity contribution in [3.63, 3.8) is 0 Å². The number of esters is 1. The number of carbonyl (C=O) groups excluding carboxylic acids is 1. The average molecular weight is 801 g/mol. The molecule has 0 aromatic heterocycles. The number of carbonyl (C=O) groups is 1. The minimum atomic E-state index is -1.55. The second-order valence-corrected chi connectivity index (χ2v) is 14.8. The summed E-state index contributed by atoms with van der Waals surface area (Å²) >= 11 is 0. The second-order valence-electron chi connectivity index (χ2n) is 14.8. The number of unbranched alkanes of at least 4 members (excludes halogenated alkanes) is 11. The van der Waals surface area contributed by atoms with Gasteiger partial charge in [0.2, 0.25) is 0 Å². The summed E-state index contributed by atoms with van der Waals surface area (Å²) in [6, 6.07) is 0. The van der Waals surface area contributed by atoms with E-state index >= 15 is 0 Å². The van der Waals surface area contributed by atoms with Gasteiger partial charge in [0.15, 0.2) is 6.29 Å². The third kappa shape index (κ3) is 30.1. The van der Waals surface area contributed by atoms with Crippen LogP contribution >= 0.6 is 0 Å². The minimum absolute atomic E-state index is 0.0822. The fourth-order valence-electron chi connectivity index (χ4n) is 6.11. The maximum atomic E-state index is 12.8. The van der Waals surface area contributed by atoms with Gasteiger partial charge in [-0.05, 0) is 77.0 Å². The predicted molar refractivity (Wildman–Crippen MR) is 233 cm³/mol. The van der Waals surface area contributed by atoms with Gasteiger partial charge in [-0.1, -0.05) is 150 Å². The van der Waals surface area contributed by atoms with Crippen molar-refractivity contribution in [1.82, 2.24) is 0 Å². The molecule has 0 aromatic carbocycles. The Labute approximate surface area is 346 Å². The highest BCUT2D eigenvalue weighted by Crippen LogP contribution is 2.22. The molecule has 6 unspecified atom stereocenters. The van der Waals surface area contributed by atoms with Crippen LogP contribution in [-0.2, 0) is 23.7 Å². The Kier molecular flexibility index (Phi) is 35.7. The molecule has 4 N–H and O–H groups in total. The molecular weight excluding hydrogens is 721 g/mol. The minimum Gasteiger partial charge on any atom is -0.457 e. The average Bonchev–Trinajstić information content (AvgIpc) is 3.21. The van der Waals surface area contributed by atoms with Gasteiger partial charge in [-0.2, -0.15) is 0 Å². The number of rotatable bonds is 36. The van der Waals surface area contributed by atoms with Gasteiger partial charge < -0.3 is 39.4 Å². The lowest BCUT2D eigenvalue weighted by molar-refractivity contribution is -0.305. The topological polar surface area (TPSA) is 135 Å². The van der Waals surface area contributed by atoms with Gasteiger partial charge in [0.05, 0.1) is 26.4 Å². The summed E-state index contributed by atoms with van der Waals surface area (Å²) in [6.07, 6.45) is 44.8. The molecule has 0 radical (unpaired) electrons. The molecule has 1 rings (SSSR count). The van der Waals surface area contributed by atoms with Crippen LogP contribution in [-0.4, -0.2) is 89.6 Å². The Bertz CT molecular complexity index is 1140. The van der Waals surface area contributed by atoms with Crippen molar-refractivity contribution in [3.8, 4) is 0 Å². The maximum Gasteiger partial charge on any atom is 0.306 e. The molecule has 0 bridgehead atoms. The first-order valence-corrected chi connectivity index (χ1v) is 22.2. The monoisotopic (exact) mass is 801 g/mol. The molecule has 0 saturated carbocycles. The molecule has 326 valence electrons. The van der Waals surface area contributed by atoms with Gasteiger partial charge in [0, 0.05) is 6.42 Å². The largest absolute Gasteiger partial charge is 0.457 e. The summed E-state index contributed by atoms with van der Waals surface area (Å²) in [5.41, 5.74) is 0. The van der Waals surface area contributed by atoms with Gasteiger partial charge in [-0.3, -0.25) is 4.79 Å². The number of aliphatic hydroxyl groups is 4. The van der Waals surface area contributed by atoms with Crippen LogP contribution in [0.25, 0.3) is 0 Å². The first-order valence-electron chi connectivity index (χ1n) is 22.2. The van der Waals surface area contributed by atoms with Crippen molar-refractivity contribution in [3.05, 3.63) is 85.1 Å². The summed E-state index contributed by atoms with van der Waals surface area (Å²) in [7, 11) is 0. The number of aliphatic hydroxyl groups excluding tert-OH is 4. The van der Waals surface area contributed by atoms with Crippen LogP contribution in [0.5, 0.6) is 0 Å². The third-order valence-corrected chi connectivity index (χ3v) is 9.56. The summed E-state index contributed by atoms with van der Waals surface area (Å²) in [5.74, 6) is -0.350. The molecule has 1 aliphatic heterocycles. The zero-order chi connectivity index (χ0) is 41.4. The van der Waals surface area contributed by atoms with Crippen molar-refractivity contribution >= 4 is 5.97 Å². The van der Waals surface area contributed by atoms with Crippen molar-refractivity contribution < 1.29 is 44.2 Å². The number of ether oxygens (including phenoxy) is 4. The lowest BCUT2D eigenvalue weighted by atomic mass is 9.99. The highest BCUT2D eigenvalue weighted by Gasteiger charge is 2.44. The van der Waals surface area contributed by atoms with Crippen LogP contribution in [0.15, 0.2) is 85.1 Å². The van der Waals surface area contributed by atoms with Crippen molar-refractivity contribution in [1.29, 1.82) is 0 Å². The molecule has 0 aromatic rings. The van der Waals surface area contributed by atoms with E-state index in [-0.39, 0.29) is 25.6 Å². The standard InChI is InChI=1S/C48H80O9/c1-3-5-7-9-11-13-15-17-19-21-22-23-25-27-29-31-33-35-37-44(50)56-42(41-55-48-47(53)46(52)45(51)43(39-49)57-48)40-54-38-36-34-32-30-28-26-24-20-18-16-14-12-10-8-6-4-2/h6,8,12-15,18-21,26,28,32,34,42-43,45-49,51-53H,3-5,7,9-11,16-17,22-25,27,29-31,33,35-41H2,1-2H3/b8-6-,14-12-,15-13-,20-18-,21-19-,28-26-,34-32-. The van der Waals surface area contributed by atoms with Crippen LogP contribution in [0.3, 0.4) is 0 Å². The quantitative estimate of drug-likeness (QED) is 0.0278. The Morgan fingerprint density at radius 3 is 1.61 bits per heavy atom. The Morgan fingerprint density at radius 2 is 1.07 bits per heavy atom. The van der Waals surface area contributed by atoms with Crippen LogP contribution in [0.1, 0.15) is 149 Å². The van der Waals surface area contributed by atoms with E-state index in [4.69, 9.17) is 18.9 Å². The van der Waals surface area contributed by atoms with E-state index < -0.39 is 43.4 Å². The Morgan fingerprint density at radius 1 is 0.579 bits per heavy atom. The maximum absolute atomic E-state index is 12.8. The first kappa shape index (κ1) is 52.4. The molecule has 6 atom stereocenters. The van der Waals surface area contributed by atoms with E-state index in [0.717, 1.165) is 70.6 Å². The van der Waals surface area contributed by atoms with Crippen LogP contribution in [0, 0.1) is 0 Å². The number of hydrogen-bond donors (Lipinski definition) is 4. The van der Waals surface area contributed by atoms with Crippen molar-refractivity contribution in [2.75, 3.05) is 26.4 Å². The van der Waals surface area contributed by atoms with Crippen LogP contribution in [0.4, 0.5) is 0 Å². The second kappa shape index (κ2) is 38.9. The van der Waals surface area contributed by atoms with E-state index in [1.54, 1.807) is 0 Å². The molecule has 1 aliphatic rings. The summed E-state index contributed by atoms with van der Waals surface area (Å²) < 4.78 is 22.7. The third-order valence-electron chi connectivity index (χ3n) is 9.56. The summed E-state index contributed by atoms with van der Waals surface area (Å²) in [4.78, 5) is 12.8. The van der Waals surface area contributed by atoms with Crippen molar-refractivity contribution in [2.24, 2.45) is 0 Å². The zero-order valence-electron chi connectivity index (χ0n) is 35.6. The van der Waals surface area contributed by atoms with E-state index in [1.165, 1.54) is 51.4 Å². The molecule has 0 spiro atoms. The van der Waals surface area contributed by atoms with Gasteiger partial charge in [-0.25, -0.2) is 0 Å². The van der Waals surface area contributed by atoms with Crippen molar-refractivity contribution in [2.45, 2.75) is 185 Å². The lowest BCUT2D eigenvalue weighted by Crippen LogP contribution is -2.59. The molecule has 0 amide bonds. The molecule has 1 heterocycles. The molecule has 0 aliphatic carbocycles. The van der Waals surface area contributed by atoms with Gasteiger partial charge in [0.25, 0.3) is 0 Å². The lowest BCUT2D eigenvalue weighted by Gasteiger charge is -2.39. The normalized spacial score (nSPS) is 21.3. The summed E-state index contributed by atoms with van der Waals surface area (Å²) in [6.45, 7) is 4.18. The fraction of sp³-hybridized carbons (Fsp3) is 0.688. The molecule has 1 saturated heterocycles. The van der Waals surface area contributed by atoms with E-state index in [2.05, 4.69) is 98.9 Å². The molecular formula is C48H80O9. The Hall–Kier alpha value is -2.63. The van der Waals surface area contributed by atoms with Crippen LogP contribution < -0.4 is 0 Å². The molecule has 57 heavy (non-hydrogen) atoms. The number of hydrogen-bond acceptors (Lipinski definition) is 9. The first-order chi connectivity index (χ1) is 27.9. The fourth-order valence-corrected chi connectivity index (χ4v) is 6.11. The number of allylic oxidation sites excluding steroid dienone is 13. The highest BCUT2D eigenvalue weighted by molar-refractivity contribution is 5.69.